The predicted octanol–water partition coefficient (Wildman–Crippen LogP) is 17.3. The van der Waals surface area contributed by atoms with E-state index in [-0.39, 0.29) is 54.4 Å². The second-order valence-electron chi connectivity index (χ2n) is 23.6. The molecule has 3 atom stereocenters. The number of terminal acetylenes is 1. The average molecular weight is 1180 g/mol. The van der Waals surface area contributed by atoms with E-state index >= 15 is 0 Å². The number of anilines is 2. The summed E-state index contributed by atoms with van der Waals surface area (Å²) in [6.07, 6.45) is 7.29. The van der Waals surface area contributed by atoms with Crippen LogP contribution in [0.15, 0.2) is 176 Å². The number of ether oxygens (including phenoxy) is 3. The molecular weight excluding hydrogens is 1100 g/mol. The maximum Gasteiger partial charge on any atom is -0.0325 e. The Kier molecular flexibility index (Phi) is 21.9. The van der Waals surface area contributed by atoms with Gasteiger partial charge in [-0.05, 0) is 109 Å². The van der Waals surface area contributed by atoms with Crippen molar-refractivity contribution >= 4 is 63.3 Å². The quantitative estimate of drug-likeness (QED) is 0.0253. The molecule has 0 aromatic heterocycles. The molecule has 0 spiro atoms. The summed E-state index contributed by atoms with van der Waals surface area (Å²) in [6, 6.07) is 45.0. The van der Waals surface area contributed by atoms with Gasteiger partial charge in [0.2, 0.25) is 0 Å². The number of nitrogens with one attached hydrogen (secondary N) is 1. The van der Waals surface area contributed by atoms with Crippen LogP contribution >= 0.6 is 0 Å². The van der Waals surface area contributed by atoms with Crippen molar-refractivity contribution in [2.75, 3.05) is 43.6 Å². The van der Waals surface area contributed by atoms with Gasteiger partial charge in [-0.15, -0.1) is 6.42 Å². The molecule has 0 saturated carbocycles. The van der Waals surface area contributed by atoms with E-state index in [1.165, 1.54) is 0 Å². The Hall–Kier alpha value is -7.72. The third-order valence-corrected chi connectivity index (χ3v) is 16.6. The van der Waals surface area contributed by atoms with Crippen molar-refractivity contribution in [1.82, 2.24) is 0 Å². The number of rotatable bonds is 25. The minimum Gasteiger partial charge on any atom is -0.0443 e. The van der Waals surface area contributed by atoms with Crippen LogP contribution in [0.5, 0.6) is 5.75 Å². The van der Waals surface area contributed by atoms with E-state index < -0.39 is 13.1 Å². The van der Waals surface area contributed by atoms with Crippen LogP contribution in [-0.2, 0) is 50.0 Å². The van der Waals surface area contributed by atoms with Crippen molar-refractivity contribution in [2.24, 2.45) is 58.3 Å². The second kappa shape index (κ2) is 28.3. The molecule has 16 heteroatoms. The van der Waals surface area contributed by atoms with Gasteiger partial charge in [0.15, 0.2) is 0 Å². The van der Waals surface area contributed by atoms with Gasteiger partial charge >= 0.3 is 283 Å². The Labute approximate surface area is 503 Å². The summed E-state index contributed by atoms with van der Waals surface area (Å²) in [5.74, 6) is 2.31. The van der Waals surface area contributed by atoms with Crippen molar-refractivity contribution < 1.29 is 59.5 Å². The van der Waals surface area contributed by atoms with Crippen molar-refractivity contribution in [3.05, 3.63) is 162 Å². The monoisotopic (exact) mass is 1180 g/mol. The molecule has 0 aliphatic heterocycles. The van der Waals surface area contributed by atoms with Crippen LogP contribution in [-0.4, -0.2) is 51.3 Å². The van der Waals surface area contributed by atoms with Crippen LogP contribution in [0.1, 0.15) is 110 Å². The van der Waals surface area contributed by atoms with E-state index in [0.29, 0.717) is 82.5 Å². The molecule has 422 valence electrons. The number of esters is 2. The zero-order valence-electron chi connectivity index (χ0n) is 49.1. The van der Waals surface area contributed by atoms with E-state index in [2.05, 4.69) is 103 Å². The second-order valence-corrected chi connectivity index (χ2v) is 26.8. The Morgan fingerprint density at radius 2 is 1.02 bits per heavy atom. The first-order valence-corrected chi connectivity index (χ1v) is 28.7. The van der Waals surface area contributed by atoms with Gasteiger partial charge in [0.05, 0.1) is 45.8 Å². The third kappa shape index (κ3) is 18.4. The maximum atomic E-state index is 14.4. The number of carbonyl (C=O) groups is 3. The SMILES string of the molecule is C#Cc1ccc(/N=N/c2ccc(NC(=O)c3ccc(OCCOC(=O)C(C)(CC(C)(C)C)[C](C)([Y])CC(C)(C)CC(C)(C(=O)OCCN(C)c4ccc(/N=N/c5ccc(/N=N/c6ccc(C#N)cc6)cc5)cc4)C(C)C)cc3)cc2)cc1. The van der Waals surface area contributed by atoms with Gasteiger partial charge in [-0.1, -0.05) is 5.92 Å². The summed E-state index contributed by atoms with van der Waals surface area (Å²) in [4.78, 5) is 43.7. The van der Waals surface area contributed by atoms with Crippen LogP contribution < -0.4 is 15.0 Å². The van der Waals surface area contributed by atoms with Gasteiger partial charge in [-0.2, -0.15) is 35.9 Å². The van der Waals surface area contributed by atoms with E-state index in [0.717, 1.165) is 42.2 Å². The summed E-state index contributed by atoms with van der Waals surface area (Å²) < 4.78 is 17.7. The molecule has 82 heavy (non-hydrogen) atoms. The van der Waals surface area contributed by atoms with Crippen LogP contribution in [0.4, 0.5) is 45.5 Å². The molecule has 0 aliphatic carbocycles. The van der Waals surface area contributed by atoms with Gasteiger partial charge in [0.25, 0.3) is 0 Å². The molecule has 0 bridgehead atoms. The molecule has 0 radical (unpaired) electrons. The Balaban J connectivity index is 0.963. The fraction of sp³-hybridized carbons (Fsp3) is 0.364. The van der Waals surface area contributed by atoms with Crippen LogP contribution in [0, 0.1) is 51.3 Å². The van der Waals surface area contributed by atoms with Gasteiger partial charge in [0, 0.05) is 11.3 Å². The first-order valence-electron chi connectivity index (χ1n) is 27.3. The topological polar surface area (TPSA) is 192 Å². The van der Waals surface area contributed by atoms with Crippen molar-refractivity contribution in [1.29, 1.82) is 5.26 Å². The molecule has 1 amide bonds. The molecule has 0 fully saturated rings. The summed E-state index contributed by atoms with van der Waals surface area (Å²) in [5, 5.41) is 37.7. The minimum absolute atomic E-state index is 0.0141. The number of hydrogen-bond acceptors (Lipinski definition) is 14. The number of nitriles is 1. The number of azo groups is 3. The van der Waals surface area contributed by atoms with Crippen molar-refractivity contribution in [3.63, 3.8) is 0 Å². The molecule has 0 aliphatic rings. The summed E-state index contributed by atoms with van der Waals surface area (Å²) in [5.41, 5.74) is 5.13. The minimum atomic E-state index is -0.837. The molecule has 6 rings (SSSR count). The fourth-order valence-electron chi connectivity index (χ4n) is 9.80. The number of likely N-dealkylation sites (N-methyl/N-ethyl adjacent to an activating group) is 1. The van der Waals surface area contributed by atoms with Gasteiger partial charge < -0.3 is 5.32 Å². The van der Waals surface area contributed by atoms with Crippen LogP contribution in [0.3, 0.4) is 0 Å². The number of benzene rings is 6. The van der Waals surface area contributed by atoms with E-state index in [4.69, 9.17) is 25.9 Å². The van der Waals surface area contributed by atoms with E-state index in [1.807, 2.05) is 74.3 Å². The first kappa shape index (κ1) is 63.5. The smallest absolute Gasteiger partial charge is 0.0325 e. The summed E-state index contributed by atoms with van der Waals surface area (Å²) in [6.45, 7) is 22.1. The standard InChI is InChI=1S/C66H74N9O6.Y/c1-13-48-14-20-52(21-15-48)69-71-54-26-24-51(25-27-54)68-60(76)50-18-36-59(37-19-50)79-40-41-81-62(78)66(11,44-63(5,6)7)47(4)42-64(8,9)45-65(10,46(2)3)61(77)80-39-38-75(12)58-34-32-57(33-35-58)74-73-56-30-28-55(29-31-56)72-70-53-22-16-49(43-67)17-23-53;/h1,14-37,46H,38-42,44-45H2,2-12H3,(H,68,76);/b71-69+,72-70+,74-73+;. The average Bonchev–Trinajstić information content (AvgIpc) is 2.34. The molecule has 15 nitrogen and oxygen atoms in total. The normalized spacial score (nSPS) is 14.1. The summed E-state index contributed by atoms with van der Waals surface area (Å²) >= 11 is 0.782. The van der Waals surface area contributed by atoms with E-state index in [1.54, 1.807) is 97.1 Å². The number of nitrogens with zero attached hydrogens (tertiary/aromatic N) is 8. The van der Waals surface area contributed by atoms with Crippen LogP contribution in [0.2, 0.25) is 2.23 Å². The zero-order chi connectivity index (χ0) is 59.7. The van der Waals surface area contributed by atoms with E-state index in [9.17, 15) is 14.4 Å². The number of hydrogen-bond donors (Lipinski definition) is 1. The molecule has 1 N–H and O–H groups in total. The largest absolute Gasteiger partial charge is 0.0443 e. The van der Waals surface area contributed by atoms with Gasteiger partial charge in [0.1, 0.15) is 0 Å². The summed E-state index contributed by atoms with van der Waals surface area (Å²) in [7, 11) is 1.96. The molecule has 6 aromatic rings. The van der Waals surface area contributed by atoms with Gasteiger partial charge in [-0.3, -0.25) is 4.79 Å². The predicted molar refractivity (Wildman–Crippen MR) is 319 cm³/mol. The Bertz CT molecular complexity index is 3290. The molecule has 6 aromatic carbocycles. The molecular formula is C66H74N9O6Y. The van der Waals surface area contributed by atoms with Crippen molar-refractivity contribution in [2.45, 2.75) is 90.7 Å². The van der Waals surface area contributed by atoms with Crippen molar-refractivity contribution in [3.8, 4) is 24.2 Å². The number of carbonyl (C=O) groups excluding carboxylic acids is 3. The maximum absolute atomic E-state index is 14.4. The van der Waals surface area contributed by atoms with Gasteiger partial charge in [-0.25, -0.2) is 0 Å². The number of amides is 1. The Morgan fingerprint density at radius 1 is 0.585 bits per heavy atom. The van der Waals surface area contributed by atoms with Crippen LogP contribution in [0.25, 0.3) is 0 Å². The Morgan fingerprint density at radius 3 is 1.48 bits per heavy atom. The molecule has 3 unspecified atom stereocenters. The fourth-order valence-corrected chi connectivity index (χ4v) is 11.7. The molecule has 0 heterocycles. The third-order valence-electron chi connectivity index (χ3n) is 14.5. The first-order chi connectivity index (χ1) is 38.8. The molecule has 0 saturated heterocycles. The zero-order valence-corrected chi connectivity index (χ0v) is 51.9.